The highest BCUT2D eigenvalue weighted by Crippen LogP contribution is 2.19. The minimum atomic E-state index is 0.570. The molecule has 1 aromatic rings. The summed E-state index contributed by atoms with van der Waals surface area (Å²) in [5.41, 5.74) is 2.53. The first-order valence-corrected chi connectivity index (χ1v) is 6.54. The van der Waals surface area contributed by atoms with Gasteiger partial charge in [0, 0.05) is 18.2 Å². The van der Waals surface area contributed by atoms with Gasteiger partial charge in [-0.2, -0.15) is 0 Å². The van der Waals surface area contributed by atoms with Gasteiger partial charge in [0.15, 0.2) is 0 Å². The number of nitrogens with one attached hydrogen (secondary N) is 1. The summed E-state index contributed by atoms with van der Waals surface area (Å²) in [6, 6.07) is 6.89. The van der Waals surface area contributed by atoms with Crippen molar-refractivity contribution in [1.29, 1.82) is 0 Å². The van der Waals surface area contributed by atoms with Crippen LogP contribution in [0.15, 0.2) is 18.2 Å². The molecule has 1 atom stereocenters. The van der Waals surface area contributed by atoms with E-state index in [-0.39, 0.29) is 0 Å². The largest absolute Gasteiger partial charge is 0.496 e. The van der Waals surface area contributed by atoms with Crippen LogP contribution in [0.5, 0.6) is 5.75 Å². The smallest absolute Gasteiger partial charge is 0.123 e. The van der Waals surface area contributed by atoms with Crippen molar-refractivity contribution in [2.24, 2.45) is 0 Å². The lowest BCUT2D eigenvalue weighted by molar-refractivity contribution is 0.404. The average Bonchev–Trinajstić information content (AvgIpc) is 2.34. The number of methoxy groups -OCH3 is 1. The van der Waals surface area contributed by atoms with Crippen molar-refractivity contribution in [3.05, 3.63) is 29.3 Å². The summed E-state index contributed by atoms with van der Waals surface area (Å²) in [5, 5.41) is 3.56. The summed E-state index contributed by atoms with van der Waals surface area (Å²) >= 11 is 0. The molecule has 1 unspecified atom stereocenters. The van der Waals surface area contributed by atoms with Gasteiger partial charge in [-0.1, -0.05) is 37.5 Å². The second kappa shape index (κ2) is 7.33. The van der Waals surface area contributed by atoms with Gasteiger partial charge in [-0.15, -0.1) is 0 Å². The Morgan fingerprint density at radius 3 is 2.76 bits per heavy atom. The second-order valence-corrected chi connectivity index (χ2v) is 4.74. The van der Waals surface area contributed by atoms with Crippen LogP contribution in [0.2, 0.25) is 0 Å². The van der Waals surface area contributed by atoms with E-state index in [2.05, 4.69) is 38.2 Å². The van der Waals surface area contributed by atoms with E-state index in [9.17, 15) is 0 Å². The Morgan fingerprint density at radius 2 is 2.12 bits per heavy atom. The Bertz CT molecular complexity index is 336. The Kier molecular flexibility index (Phi) is 6.06. The van der Waals surface area contributed by atoms with Crippen LogP contribution in [-0.2, 0) is 6.54 Å². The van der Waals surface area contributed by atoms with Crippen LogP contribution in [0, 0.1) is 6.92 Å². The molecule has 0 radical (unpaired) electrons. The zero-order valence-electron chi connectivity index (χ0n) is 11.5. The number of hydrogen-bond acceptors (Lipinski definition) is 2. The lowest BCUT2D eigenvalue weighted by Gasteiger charge is -2.15. The molecule has 0 amide bonds. The fourth-order valence-electron chi connectivity index (χ4n) is 1.94. The van der Waals surface area contributed by atoms with Crippen molar-refractivity contribution < 1.29 is 4.74 Å². The standard InChI is InChI=1S/C15H25NO/c1-5-6-7-13(3)16-11-14-10-12(2)8-9-15(14)17-4/h8-10,13,16H,5-7,11H2,1-4H3. The van der Waals surface area contributed by atoms with Crippen molar-refractivity contribution in [3.63, 3.8) is 0 Å². The molecule has 0 heterocycles. The van der Waals surface area contributed by atoms with Crippen molar-refractivity contribution >= 4 is 0 Å². The monoisotopic (exact) mass is 235 g/mol. The van der Waals surface area contributed by atoms with Crippen LogP contribution in [-0.4, -0.2) is 13.2 Å². The van der Waals surface area contributed by atoms with Gasteiger partial charge in [0.1, 0.15) is 5.75 Å². The Balaban J connectivity index is 2.52. The molecule has 2 nitrogen and oxygen atoms in total. The first-order chi connectivity index (χ1) is 8.17. The second-order valence-electron chi connectivity index (χ2n) is 4.74. The Hall–Kier alpha value is -1.02. The van der Waals surface area contributed by atoms with Crippen LogP contribution in [0.1, 0.15) is 44.2 Å². The minimum Gasteiger partial charge on any atom is -0.496 e. The maximum Gasteiger partial charge on any atom is 0.123 e. The van der Waals surface area contributed by atoms with Crippen LogP contribution in [0.3, 0.4) is 0 Å². The van der Waals surface area contributed by atoms with E-state index in [1.54, 1.807) is 7.11 Å². The zero-order chi connectivity index (χ0) is 12.7. The van der Waals surface area contributed by atoms with E-state index in [0.29, 0.717) is 6.04 Å². The molecular formula is C15H25NO. The Labute approximate surface area is 105 Å². The molecule has 2 heteroatoms. The van der Waals surface area contributed by atoms with E-state index in [4.69, 9.17) is 4.74 Å². The SMILES string of the molecule is CCCCC(C)NCc1cc(C)ccc1OC. The predicted molar refractivity (Wildman–Crippen MR) is 73.6 cm³/mol. The molecule has 0 fully saturated rings. The summed E-state index contributed by atoms with van der Waals surface area (Å²) in [4.78, 5) is 0. The molecule has 0 aliphatic rings. The third-order valence-electron chi connectivity index (χ3n) is 3.07. The highest BCUT2D eigenvalue weighted by atomic mass is 16.5. The molecule has 0 saturated heterocycles. The van der Waals surface area contributed by atoms with E-state index >= 15 is 0 Å². The third kappa shape index (κ3) is 4.78. The number of benzene rings is 1. The van der Waals surface area contributed by atoms with Gasteiger partial charge < -0.3 is 10.1 Å². The number of rotatable bonds is 7. The maximum absolute atomic E-state index is 5.37. The topological polar surface area (TPSA) is 21.3 Å². The van der Waals surface area contributed by atoms with E-state index in [1.807, 2.05) is 6.07 Å². The van der Waals surface area contributed by atoms with Crippen LogP contribution < -0.4 is 10.1 Å². The molecule has 1 N–H and O–H groups in total. The lowest BCUT2D eigenvalue weighted by Crippen LogP contribution is -2.25. The summed E-state index contributed by atoms with van der Waals surface area (Å²) in [6.45, 7) is 7.48. The zero-order valence-corrected chi connectivity index (χ0v) is 11.5. The van der Waals surface area contributed by atoms with Crippen molar-refractivity contribution in [1.82, 2.24) is 5.32 Å². The van der Waals surface area contributed by atoms with E-state index in [1.165, 1.54) is 30.4 Å². The quantitative estimate of drug-likeness (QED) is 0.778. The maximum atomic E-state index is 5.37. The predicted octanol–water partition coefficient (Wildman–Crippen LogP) is 3.67. The van der Waals surface area contributed by atoms with Gasteiger partial charge in [0.05, 0.1) is 7.11 Å². The van der Waals surface area contributed by atoms with Crippen LogP contribution >= 0.6 is 0 Å². The van der Waals surface area contributed by atoms with Gasteiger partial charge in [-0.05, 0) is 26.3 Å². The van der Waals surface area contributed by atoms with Gasteiger partial charge >= 0.3 is 0 Å². The first kappa shape index (κ1) is 14.0. The van der Waals surface area contributed by atoms with Crippen LogP contribution in [0.4, 0.5) is 0 Å². The molecule has 0 aliphatic carbocycles. The van der Waals surface area contributed by atoms with Gasteiger partial charge in [0.25, 0.3) is 0 Å². The van der Waals surface area contributed by atoms with Crippen molar-refractivity contribution in [2.75, 3.05) is 7.11 Å². The molecule has 1 aromatic carbocycles. The Morgan fingerprint density at radius 1 is 1.35 bits per heavy atom. The number of hydrogen-bond donors (Lipinski definition) is 1. The van der Waals surface area contributed by atoms with Gasteiger partial charge in [0.2, 0.25) is 0 Å². The normalized spacial score (nSPS) is 12.5. The van der Waals surface area contributed by atoms with E-state index < -0.39 is 0 Å². The summed E-state index contributed by atoms with van der Waals surface area (Å²) in [5.74, 6) is 0.978. The van der Waals surface area contributed by atoms with Crippen molar-refractivity contribution in [3.8, 4) is 5.75 Å². The molecule has 0 bridgehead atoms. The average molecular weight is 235 g/mol. The molecule has 0 saturated carbocycles. The number of aryl methyl sites for hydroxylation is 1. The van der Waals surface area contributed by atoms with E-state index in [0.717, 1.165) is 12.3 Å². The molecule has 17 heavy (non-hydrogen) atoms. The molecule has 96 valence electrons. The highest BCUT2D eigenvalue weighted by molar-refractivity contribution is 5.36. The van der Waals surface area contributed by atoms with Gasteiger partial charge in [-0.25, -0.2) is 0 Å². The summed E-state index contributed by atoms with van der Waals surface area (Å²) in [6.07, 6.45) is 3.80. The minimum absolute atomic E-state index is 0.570. The number of ether oxygens (including phenoxy) is 1. The first-order valence-electron chi connectivity index (χ1n) is 6.54. The van der Waals surface area contributed by atoms with Crippen molar-refractivity contribution in [2.45, 2.75) is 52.6 Å². The molecule has 1 rings (SSSR count). The molecular weight excluding hydrogens is 210 g/mol. The fraction of sp³-hybridized carbons (Fsp3) is 0.600. The summed E-state index contributed by atoms with van der Waals surface area (Å²) in [7, 11) is 1.73. The molecule has 0 spiro atoms. The molecule has 0 aliphatic heterocycles. The lowest BCUT2D eigenvalue weighted by atomic mass is 10.1. The van der Waals surface area contributed by atoms with Crippen LogP contribution in [0.25, 0.3) is 0 Å². The fourth-order valence-corrected chi connectivity index (χ4v) is 1.94. The third-order valence-corrected chi connectivity index (χ3v) is 3.07. The highest BCUT2D eigenvalue weighted by Gasteiger charge is 2.05. The van der Waals surface area contributed by atoms with Gasteiger partial charge in [-0.3, -0.25) is 0 Å². The molecule has 0 aromatic heterocycles. The summed E-state index contributed by atoms with van der Waals surface area (Å²) < 4.78 is 5.37. The number of unbranched alkanes of at least 4 members (excludes halogenated alkanes) is 1.